The number of aliphatic carboxylic acids is 1. The first kappa shape index (κ1) is 44.4. The maximum Gasteiger partial charge on any atom is 0.352 e. The molecular formula is C37H36ClN11O11S3. The molecule has 330 valence electrons. The number of nitrogens with two attached hydrogens (primary N) is 1. The van der Waals surface area contributed by atoms with Gasteiger partial charge in [0.25, 0.3) is 23.6 Å². The van der Waals surface area contributed by atoms with E-state index in [1.54, 1.807) is 11.2 Å². The lowest BCUT2D eigenvalue weighted by molar-refractivity contribution is -0.150. The smallest absolute Gasteiger partial charge is 0.352 e. The highest BCUT2D eigenvalue weighted by molar-refractivity contribution is 8.03. The molecule has 2 atom stereocenters. The van der Waals surface area contributed by atoms with Gasteiger partial charge < -0.3 is 41.4 Å². The van der Waals surface area contributed by atoms with Gasteiger partial charge in [-0.25, -0.2) is 19.8 Å². The quantitative estimate of drug-likeness (QED) is 0.0539. The number of carbonyl (C=O) groups excluding carboxylic acids is 4. The monoisotopic (exact) mass is 941 g/mol. The van der Waals surface area contributed by atoms with Gasteiger partial charge in [-0.05, 0) is 57.5 Å². The number of aliphatic imine (C=N–C) groups is 1. The van der Waals surface area contributed by atoms with Crippen LogP contribution in [0.2, 0.25) is 5.02 Å². The predicted molar refractivity (Wildman–Crippen MR) is 232 cm³/mol. The number of hydrogen-bond donors (Lipinski definition) is 10. The van der Waals surface area contributed by atoms with Crippen LogP contribution in [0.5, 0.6) is 23.0 Å². The zero-order chi connectivity index (χ0) is 45.7. The minimum atomic E-state index is -1.83. The summed E-state index contributed by atoms with van der Waals surface area (Å²) >= 11 is 9.61. The second kappa shape index (κ2) is 17.2. The maximum atomic E-state index is 13.8. The largest absolute Gasteiger partial charge is 0.504 e. The Morgan fingerprint density at radius 3 is 2.51 bits per heavy atom. The van der Waals surface area contributed by atoms with Crippen molar-refractivity contribution >= 4 is 98.3 Å². The van der Waals surface area contributed by atoms with Gasteiger partial charge in [0.2, 0.25) is 5.60 Å². The molecule has 4 amide bonds. The summed E-state index contributed by atoms with van der Waals surface area (Å²) in [5.41, 5.74) is 12.9. The molecule has 2 aromatic carbocycles. The van der Waals surface area contributed by atoms with E-state index in [-0.39, 0.29) is 38.6 Å². The molecule has 0 spiro atoms. The molecule has 11 N–H and O–H groups in total. The first-order valence-corrected chi connectivity index (χ1v) is 21.5. The van der Waals surface area contributed by atoms with Crippen LogP contribution < -0.4 is 32.4 Å². The number of hydrogen-bond acceptors (Lipinski definition) is 20. The van der Waals surface area contributed by atoms with E-state index >= 15 is 0 Å². The number of carboxylic acids is 1. The molecular weight excluding hydrogens is 906 g/mol. The van der Waals surface area contributed by atoms with Crippen molar-refractivity contribution in [2.45, 2.75) is 44.7 Å². The number of nitrogen functional groups attached to an aromatic ring is 1. The number of aromatic nitrogens is 1. The SMILES string of the molecule is CC1=NC2=CN(c3cc(O)c(O)c(Cl)c3)NN2C(SCC2=C(C(=O)O)N3C(=O)[C@@H](NC(=O)C(=NOC(C)(C)C(=O)NNC(=O)c4ccc(O)c(O)c4)c4csc(N)n4)[C@H]3SC2)=C1C. The van der Waals surface area contributed by atoms with E-state index in [1.165, 1.54) is 66.0 Å². The summed E-state index contributed by atoms with van der Waals surface area (Å²) in [4.78, 5) is 81.1. The Morgan fingerprint density at radius 1 is 1.10 bits per heavy atom. The number of aromatic hydroxyl groups is 4. The fourth-order valence-corrected chi connectivity index (χ4v) is 9.55. The fourth-order valence-electron chi connectivity index (χ4n) is 6.14. The van der Waals surface area contributed by atoms with Gasteiger partial charge in [-0.15, -0.1) is 40.4 Å². The Labute approximate surface area is 373 Å². The highest BCUT2D eigenvalue weighted by atomic mass is 35.5. The van der Waals surface area contributed by atoms with Gasteiger partial charge in [0.1, 0.15) is 22.8 Å². The van der Waals surface area contributed by atoms with E-state index in [1.807, 2.05) is 13.8 Å². The molecule has 0 unspecified atom stereocenters. The highest BCUT2D eigenvalue weighted by Gasteiger charge is 2.54. The van der Waals surface area contributed by atoms with Crippen molar-refractivity contribution in [1.82, 2.24) is 36.6 Å². The molecule has 5 heterocycles. The molecule has 0 radical (unpaired) electrons. The molecule has 3 aromatic rings. The second-order valence-corrected chi connectivity index (χ2v) is 17.7. The fraction of sp³-hybridized carbons (Fsp3) is 0.243. The number of phenols is 4. The number of β-lactam (4-membered cyclic amide) rings is 1. The van der Waals surface area contributed by atoms with Crippen LogP contribution in [-0.4, -0.2) is 110 Å². The van der Waals surface area contributed by atoms with E-state index in [4.69, 9.17) is 22.2 Å². The van der Waals surface area contributed by atoms with Crippen molar-refractivity contribution in [3.63, 3.8) is 0 Å². The van der Waals surface area contributed by atoms with Gasteiger partial charge in [0.05, 0.1) is 21.9 Å². The third-order valence-corrected chi connectivity index (χ3v) is 13.2. The lowest BCUT2D eigenvalue weighted by Gasteiger charge is -2.49. The molecule has 4 aliphatic rings. The molecule has 7 rings (SSSR count). The number of benzene rings is 2. The number of fused-ring (bicyclic) bond motifs is 2. The summed E-state index contributed by atoms with van der Waals surface area (Å²) in [6, 6.07) is 4.83. The highest BCUT2D eigenvalue weighted by Crippen LogP contribution is 2.44. The van der Waals surface area contributed by atoms with E-state index in [2.05, 4.69) is 36.8 Å². The van der Waals surface area contributed by atoms with Gasteiger partial charge in [-0.1, -0.05) is 16.8 Å². The molecule has 63 heavy (non-hydrogen) atoms. The predicted octanol–water partition coefficient (Wildman–Crippen LogP) is 2.38. The molecule has 4 aliphatic heterocycles. The number of oxime groups is 1. The second-order valence-electron chi connectivity index (χ2n) is 14.3. The molecule has 1 fully saturated rings. The summed E-state index contributed by atoms with van der Waals surface area (Å²) < 4.78 is 0. The van der Waals surface area contributed by atoms with Crippen LogP contribution in [0, 0.1) is 0 Å². The number of phenolic OH excluding ortho intramolecular Hbond substituents is 4. The van der Waals surface area contributed by atoms with E-state index < -0.39 is 75.3 Å². The van der Waals surface area contributed by atoms with Crippen molar-refractivity contribution in [1.29, 1.82) is 0 Å². The van der Waals surface area contributed by atoms with Crippen LogP contribution in [0.4, 0.5) is 10.8 Å². The third kappa shape index (κ3) is 8.72. The lowest BCUT2D eigenvalue weighted by atomic mass is 10.0. The number of thiazole rings is 1. The zero-order valence-corrected chi connectivity index (χ0v) is 36.4. The maximum absolute atomic E-state index is 13.8. The van der Waals surface area contributed by atoms with Crippen LogP contribution in [0.3, 0.4) is 0 Å². The number of rotatable bonds is 12. The first-order chi connectivity index (χ1) is 29.7. The Morgan fingerprint density at radius 2 is 1.84 bits per heavy atom. The Hall–Kier alpha value is -6.67. The third-order valence-electron chi connectivity index (χ3n) is 9.67. The van der Waals surface area contributed by atoms with Crippen molar-refractivity contribution < 1.29 is 54.3 Å². The minimum Gasteiger partial charge on any atom is -0.504 e. The molecule has 0 saturated carbocycles. The van der Waals surface area contributed by atoms with Gasteiger partial charge in [-0.3, -0.25) is 39.9 Å². The van der Waals surface area contributed by atoms with E-state index in [0.29, 0.717) is 27.8 Å². The molecule has 0 aliphatic carbocycles. The van der Waals surface area contributed by atoms with Crippen molar-refractivity contribution in [2.24, 2.45) is 10.1 Å². The number of nitrogens with one attached hydrogen (secondary N) is 4. The lowest BCUT2D eigenvalue weighted by Crippen LogP contribution is -2.71. The first-order valence-electron chi connectivity index (χ1n) is 18.2. The van der Waals surface area contributed by atoms with Crippen molar-refractivity contribution in [3.05, 3.63) is 85.9 Å². The molecule has 1 aromatic heterocycles. The van der Waals surface area contributed by atoms with E-state index in [9.17, 15) is 49.5 Å². The van der Waals surface area contributed by atoms with E-state index in [0.717, 1.165) is 33.9 Å². The Kier molecular flexibility index (Phi) is 12.1. The number of thioether (sulfide) groups is 2. The van der Waals surface area contributed by atoms with Gasteiger partial charge in [0.15, 0.2) is 39.7 Å². The van der Waals surface area contributed by atoms with Gasteiger partial charge in [-0.2, -0.15) is 0 Å². The standard InChI is InChI=1S/C37H36ClN11O11S3/c1-14-15(2)40-24-10-47(18-8-19(38)28(53)23(52)9-18)46-49(24)32(14)61-11-17-12-62-33-26(31(56)48(33)27(17)34(57)58)42-30(55)25(20-13-63-36(39)41-20)45-60-37(3,4)35(59)44-43-29(54)16-5-6-21(50)22(51)7-16/h5-10,13,26,33,46,50-53H,11-12H2,1-4H3,(H2,39,41)(H,42,55)(H,43,54)(H,44,59)(H,57,58)/t26-,33-/m1/s1. The minimum absolute atomic E-state index is 0.0526. The number of carboxylic acid groups (broad SMARTS) is 1. The molecule has 0 bridgehead atoms. The number of allylic oxidation sites excluding steroid dienone is 1. The number of halogens is 1. The zero-order valence-electron chi connectivity index (χ0n) is 33.2. The summed E-state index contributed by atoms with van der Waals surface area (Å²) in [7, 11) is 0. The summed E-state index contributed by atoms with van der Waals surface area (Å²) in [6.07, 6.45) is 1.65. The summed E-state index contributed by atoms with van der Waals surface area (Å²) in [5.74, 6) is -5.85. The number of hydrazine groups is 3. The number of amides is 4. The number of nitrogens with zero attached hydrogens (tertiary/aromatic N) is 6. The van der Waals surface area contributed by atoms with Crippen molar-refractivity contribution in [2.75, 3.05) is 22.2 Å². The van der Waals surface area contributed by atoms with Gasteiger partial charge in [0, 0.05) is 39.8 Å². The van der Waals surface area contributed by atoms with Crippen LogP contribution in [-0.2, 0) is 24.0 Å². The number of carbonyl (C=O) groups is 5. The Bertz CT molecular complexity index is 2620. The number of anilines is 2. The van der Waals surface area contributed by atoms with Crippen LogP contribution in [0.25, 0.3) is 0 Å². The average Bonchev–Trinajstić information content (AvgIpc) is 3.87. The van der Waals surface area contributed by atoms with Gasteiger partial charge >= 0.3 is 5.97 Å². The molecule has 1 saturated heterocycles. The van der Waals surface area contributed by atoms with Crippen LogP contribution in [0.1, 0.15) is 43.7 Å². The van der Waals surface area contributed by atoms with Crippen molar-refractivity contribution in [3.8, 4) is 23.0 Å². The summed E-state index contributed by atoms with van der Waals surface area (Å²) in [5, 5.41) is 60.6. The average molecular weight is 942 g/mol. The topological polar surface area (TPSA) is 317 Å². The van der Waals surface area contributed by atoms with Crippen LogP contribution >= 0.6 is 46.5 Å². The summed E-state index contributed by atoms with van der Waals surface area (Å²) in [6.45, 7) is 6.23. The molecule has 22 nitrogen and oxygen atoms in total. The van der Waals surface area contributed by atoms with Crippen LogP contribution in [0.15, 0.2) is 79.8 Å². The molecule has 26 heteroatoms. The normalized spacial score (nSPS) is 18.6. The Balaban J connectivity index is 1.03.